The summed E-state index contributed by atoms with van der Waals surface area (Å²) in [5.74, 6) is -1.11. The first-order valence-corrected chi connectivity index (χ1v) is 17.1. The molecule has 2 fully saturated rings. The molecule has 5 rings (SSSR count). The quantitative estimate of drug-likeness (QED) is 0.183. The molecule has 1 unspecified atom stereocenters. The van der Waals surface area contributed by atoms with E-state index in [1.54, 1.807) is 43.1 Å². The Morgan fingerprint density at radius 2 is 2.02 bits per heavy atom. The van der Waals surface area contributed by atoms with Crippen molar-refractivity contribution in [1.29, 1.82) is 0 Å². The first-order valence-electron chi connectivity index (χ1n) is 14.2. The number of nitro groups is 1. The number of ether oxygens (including phenoxy) is 1. The van der Waals surface area contributed by atoms with Crippen molar-refractivity contribution in [2.75, 3.05) is 29.9 Å². The maximum absolute atomic E-state index is 15.7. The number of anilines is 2. The Balaban J connectivity index is 1.45. The topological polar surface area (TPSA) is 134 Å². The Morgan fingerprint density at radius 1 is 1.29 bits per heavy atom. The van der Waals surface area contributed by atoms with Crippen molar-refractivity contribution in [3.63, 3.8) is 0 Å². The van der Waals surface area contributed by atoms with E-state index in [1.807, 2.05) is 12.1 Å². The van der Waals surface area contributed by atoms with Crippen LogP contribution in [0.1, 0.15) is 37.3 Å². The molecule has 2 aromatic carbocycles. The Bertz CT molecular complexity index is 1330. The summed E-state index contributed by atoms with van der Waals surface area (Å²) in [4.78, 5) is 39.6. The second-order valence-electron chi connectivity index (χ2n) is 11.9. The molecule has 2 saturated heterocycles. The number of hydrogen-bond acceptors (Lipinski definition) is 7. The molecular weight excluding hydrogens is 547 g/mol. The number of piperidine rings is 1. The van der Waals surface area contributed by atoms with Gasteiger partial charge in [0.1, 0.15) is 0 Å². The minimum atomic E-state index is -3.38. The van der Waals surface area contributed by atoms with E-state index < -0.39 is 42.4 Å². The van der Waals surface area contributed by atoms with Crippen molar-refractivity contribution in [3.8, 4) is 0 Å². The zero-order chi connectivity index (χ0) is 29.5. The molecule has 2 aromatic rings. The van der Waals surface area contributed by atoms with Crippen LogP contribution in [0.2, 0.25) is 18.6 Å². The third-order valence-electron chi connectivity index (χ3n) is 8.80. The number of halogens is 1. The van der Waals surface area contributed by atoms with E-state index in [4.69, 9.17) is 4.74 Å². The predicted molar refractivity (Wildman–Crippen MR) is 155 cm³/mol. The number of nitrogens with one attached hydrogen (secondary N) is 2. The molecule has 2 amide bonds. The van der Waals surface area contributed by atoms with Crippen molar-refractivity contribution in [2.24, 2.45) is 11.8 Å². The van der Waals surface area contributed by atoms with Gasteiger partial charge in [-0.3, -0.25) is 19.7 Å². The summed E-state index contributed by atoms with van der Waals surface area (Å²) in [5.41, 5.74) is -0.0826. The molecule has 3 N–H and O–H groups in total. The number of non-ortho nitro benzene ring substituents is 1. The summed E-state index contributed by atoms with van der Waals surface area (Å²) in [6.07, 6.45) is 1.27. The second-order valence-corrected chi connectivity index (χ2v) is 15.7. The van der Waals surface area contributed by atoms with Crippen molar-refractivity contribution >= 4 is 37.3 Å². The SMILES string of the molecule is C[C@@H]1[C@@H]([Si](C)(C)F)[C@H](CCO)O[C@@]12C(=O)N(Cc1ccc(NC(=O)C3CCCNC3)cc1)c1ccc([N+](=O)[O-])cc12. The number of rotatable bonds is 8. The minimum Gasteiger partial charge on any atom is -0.396 e. The highest BCUT2D eigenvalue weighted by Gasteiger charge is 2.66. The van der Waals surface area contributed by atoms with Crippen LogP contribution in [0.3, 0.4) is 0 Å². The van der Waals surface area contributed by atoms with E-state index in [1.165, 1.54) is 12.1 Å². The van der Waals surface area contributed by atoms with Crippen LogP contribution >= 0.6 is 0 Å². The van der Waals surface area contributed by atoms with Crippen LogP contribution in [0.15, 0.2) is 42.5 Å². The van der Waals surface area contributed by atoms with Gasteiger partial charge in [-0.05, 0) is 62.7 Å². The van der Waals surface area contributed by atoms with Crippen molar-refractivity contribution < 1.29 is 28.5 Å². The summed E-state index contributed by atoms with van der Waals surface area (Å²) in [7, 11) is -3.38. The summed E-state index contributed by atoms with van der Waals surface area (Å²) in [5, 5.41) is 27.6. The lowest BCUT2D eigenvalue weighted by Gasteiger charge is -2.31. The monoisotopic (exact) mass is 584 g/mol. The molecule has 0 saturated carbocycles. The molecule has 1 spiro atoms. The molecule has 12 heteroatoms. The number of nitrogens with zero attached hydrogens (tertiary/aromatic N) is 2. The fourth-order valence-electron chi connectivity index (χ4n) is 6.90. The number of aliphatic hydroxyl groups is 1. The number of amides is 2. The zero-order valence-electron chi connectivity index (χ0n) is 23.6. The molecule has 10 nitrogen and oxygen atoms in total. The maximum Gasteiger partial charge on any atom is 0.269 e. The first-order chi connectivity index (χ1) is 19.5. The average Bonchev–Trinajstić information content (AvgIpc) is 3.36. The third-order valence-corrected chi connectivity index (χ3v) is 11.3. The molecule has 0 aromatic heterocycles. The van der Waals surface area contributed by atoms with Gasteiger partial charge < -0.3 is 29.5 Å². The molecule has 3 heterocycles. The van der Waals surface area contributed by atoms with Gasteiger partial charge >= 0.3 is 0 Å². The number of carbonyl (C=O) groups is 2. The Hall–Kier alpha value is -3.19. The Kier molecular flexibility index (Phi) is 8.03. The summed E-state index contributed by atoms with van der Waals surface area (Å²) >= 11 is 0. The molecule has 5 atom stereocenters. The normalized spacial score (nSPS) is 27.7. The third kappa shape index (κ3) is 5.29. The van der Waals surface area contributed by atoms with E-state index in [0.717, 1.165) is 24.9 Å². The van der Waals surface area contributed by atoms with Crippen molar-refractivity contribution in [1.82, 2.24) is 5.32 Å². The van der Waals surface area contributed by atoms with Gasteiger partial charge in [-0.2, -0.15) is 0 Å². The van der Waals surface area contributed by atoms with Crippen LogP contribution in [-0.4, -0.2) is 56.1 Å². The number of aliphatic hydroxyl groups excluding tert-OH is 1. The van der Waals surface area contributed by atoms with E-state index in [0.29, 0.717) is 23.5 Å². The van der Waals surface area contributed by atoms with Crippen LogP contribution in [0.5, 0.6) is 0 Å². The van der Waals surface area contributed by atoms with Crippen LogP contribution in [-0.2, 0) is 26.5 Å². The molecule has 3 aliphatic heterocycles. The second kappa shape index (κ2) is 11.2. The van der Waals surface area contributed by atoms with Crippen molar-refractivity contribution in [2.45, 2.75) is 63.1 Å². The predicted octanol–water partition coefficient (Wildman–Crippen LogP) is 4.24. The van der Waals surface area contributed by atoms with E-state index in [9.17, 15) is 24.8 Å². The number of benzene rings is 2. The number of hydrogen-bond donors (Lipinski definition) is 3. The van der Waals surface area contributed by atoms with Crippen LogP contribution in [0.4, 0.5) is 21.2 Å². The van der Waals surface area contributed by atoms with Crippen LogP contribution < -0.4 is 15.5 Å². The minimum absolute atomic E-state index is 0.0316. The largest absolute Gasteiger partial charge is 0.396 e. The van der Waals surface area contributed by atoms with Gasteiger partial charge in [0.25, 0.3) is 11.6 Å². The number of fused-ring (bicyclic) bond motifs is 2. The molecular formula is C29H37FN4O6Si. The van der Waals surface area contributed by atoms with Gasteiger partial charge in [0, 0.05) is 48.0 Å². The van der Waals surface area contributed by atoms with Crippen LogP contribution in [0, 0.1) is 22.0 Å². The summed E-state index contributed by atoms with van der Waals surface area (Å²) in [6, 6.07) is 11.5. The van der Waals surface area contributed by atoms with E-state index >= 15 is 4.11 Å². The number of nitro benzene ring substituents is 1. The molecule has 41 heavy (non-hydrogen) atoms. The van der Waals surface area contributed by atoms with Gasteiger partial charge in [0.2, 0.25) is 14.3 Å². The smallest absolute Gasteiger partial charge is 0.269 e. The Morgan fingerprint density at radius 3 is 2.63 bits per heavy atom. The highest BCUT2D eigenvalue weighted by Crippen LogP contribution is 2.60. The lowest BCUT2D eigenvalue weighted by molar-refractivity contribution is -0.385. The number of carbonyl (C=O) groups excluding carboxylic acids is 2. The lowest BCUT2D eigenvalue weighted by Crippen LogP contribution is -2.45. The van der Waals surface area contributed by atoms with E-state index in [-0.39, 0.29) is 37.1 Å². The zero-order valence-corrected chi connectivity index (χ0v) is 24.6. The average molecular weight is 585 g/mol. The summed E-state index contributed by atoms with van der Waals surface area (Å²) in [6.45, 7) is 6.42. The van der Waals surface area contributed by atoms with Gasteiger partial charge in [-0.1, -0.05) is 19.1 Å². The molecule has 220 valence electrons. The maximum atomic E-state index is 15.7. The van der Waals surface area contributed by atoms with Crippen LogP contribution in [0.25, 0.3) is 0 Å². The van der Waals surface area contributed by atoms with Gasteiger partial charge in [-0.15, -0.1) is 0 Å². The standard InChI is InChI=1S/C29H37FN4O6Si/c1-18-26(41(2,3)30)25(12-14-35)40-29(18)23-15-22(34(38)39)10-11-24(23)33(28(29)37)17-19-6-8-21(9-7-19)32-27(36)20-5-4-13-31-16-20/h6-11,15,18,20,25-26,31,35H,4-5,12-14,16-17H2,1-3H3,(H,32,36)/t18-,20?,25+,26-,29+/m1/s1. The molecule has 0 bridgehead atoms. The van der Waals surface area contributed by atoms with Gasteiger partial charge in [0.15, 0.2) is 5.60 Å². The summed E-state index contributed by atoms with van der Waals surface area (Å²) < 4.78 is 22.1. The first kappa shape index (κ1) is 29.3. The highest BCUT2D eigenvalue weighted by atomic mass is 28.4. The highest BCUT2D eigenvalue weighted by molar-refractivity contribution is 6.72. The van der Waals surface area contributed by atoms with Gasteiger partial charge in [0.05, 0.1) is 29.2 Å². The van der Waals surface area contributed by atoms with Gasteiger partial charge in [-0.25, -0.2) is 0 Å². The van der Waals surface area contributed by atoms with Crippen molar-refractivity contribution in [3.05, 3.63) is 63.7 Å². The molecule has 0 radical (unpaired) electrons. The molecule has 0 aliphatic carbocycles. The fraction of sp³-hybridized carbons (Fsp3) is 0.517. The van der Waals surface area contributed by atoms with E-state index in [2.05, 4.69) is 10.6 Å². The Labute approximate surface area is 239 Å². The molecule has 3 aliphatic rings. The fourth-order valence-corrected chi connectivity index (χ4v) is 9.44. The lowest BCUT2D eigenvalue weighted by atomic mass is 9.82.